The summed E-state index contributed by atoms with van der Waals surface area (Å²) in [6.45, 7) is 7.41. The monoisotopic (exact) mass is 276 g/mol. The van der Waals surface area contributed by atoms with Crippen molar-refractivity contribution in [3.8, 4) is 0 Å². The Morgan fingerprint density at radius 3 is 2.30 bits per heavy atom. The average Bonchev–Trinajstić information content (AvgIpc) is 2.46. The number of carbonyl (C=O) groups excluding carboxylic acids is 1. The molecule has 0 aromatic heterocycles. The summed E-state index contributed by atoms with van der Waals surface area (Å²) in [7, 11) is 0. The van der Waals surface area contributed by atoms with E-state index in [2.05, 4.69) is 20.8 Å². The summed E-state index contributed by atoms with van der Waals surface area (Å²) < 4.78 is 5.46. The molecule has 112 valence electrons. The van der Waals surface area contributed by atoms with Crippen LogP contribution in [-0.2, 0) is 4.74 Å². The van der Waals surface area contributed by atoms with Crippen molar-refractivity contribution in [2.45, 2.75) is 58.8 Å². The van der Waals surface area contributed by atoms with Crippen molar-refractivity contribution in [2.24, 2.45) is 0 Å². The van der Waals surface area contributed by atoms with Crippen LogP contribution >= 0.6 is 0 Å². The second-order valence-electron chi connectivity index (χ2n) is 5.67. The molecule has 1 aromatic rings. The molecule has 2 heteroatoms. The van der Waals surface area contributed by atoms with E-state index in [9.17, 15) is 4.79 Å². The highest BCUT2D eigenvalue weighted by Crippen LogP contribution is 2.15. The van der Waals surface area contributed by atoms with Crippen LogP contribution in [0.2, 0.25) is 0 Å². The lowest BCUT2D eigenvalue weighted by Crippen LogP contribution is -2.10. The van der Waals surface area contributed by atoms with Crippen molar-refractivity contribution in [1.29, 1.82) is 0 Å². The molecule has 0 heterocycles. The standard InChI is InChI=1S/C18H28O2/c1-4-5-6-7-8-13-20-14-18(19)17-11-9-16(10-12-17)15(2)3/h9-12,15H,4-8,13-14H2,1-3H3. The van der Waals surface area contributed by atoms with Crippen molar-refractivity contribution in [1.82, 2.24) is 0 Å². The lowest BCUT2D eigenvalue weighted by atomic mass is 10.0. The van der Waals surface area contributed by atoms with Crippen LogP contribution in [0.5, 0.6) is 0 Å². The fourth-order valence-electron chi connectivity index (χ4n) is 2.11. The second kappa shape index (κ2) is 9.71. The summed E-state index contributed by atoms with van der Waals surface area (Å²) in [4.78, 5) is 11.9. The SMILES string of the molecule is CCCCCCCOCC(=O)c1ccc(C(C)C)cc1. The van der Waals surface area contributed by atoms with Crippen LogP contribution in [0.3, 0.4) is 0 Å². The van der Waals surface area contributed by atoms with Gasteiger partial charge in [-0.25, -0.2) is 0 Å². The van der Waals surface area contributed by atoms with Crippen molar-refractivity contribution < 1.29 is 9.53 Å². The third-order valence-electron chi connectivity index (χ3n) is 3.52. The van der Waals surface area contributed by atoms with E-state index in [1.807, 2.05) is 24.3 Å². The van der Waals surface area contributed by atoms with Gasteiger partial charge in [-0.1, -0.05) is 70.7 Å². The Morgan fingerprint density at radius 2 is 1.70 bits per heavy atom. The molecule has 0 fully saturated rings. The van der Waals surface area contributed by atoms with Crippen molar-refractivity contribution >= 4 is 5.78 Å². The Bertz CT molecular complexity index is 379. The molecule has 0 saturated heterocycles. The maximum Gasteiger partial charge on any atom is 0.188 e. The van der Waals surface area contributed by atoms with E-state index >= 15 is 0 Å². The number of benzene rings is 1. The number of hydrogen-bond donors (Lipinski definition) is 0. The average molecular weight is 276 g/mol. The summed E-state index contributed by atoms with van der Waals surface area (Å²) in [5.74, 6) is 0.576. The number of ketones is 1. The van der Waals surface area contributed by atoms with Gasteiger partial charge in [-0.15, -0.1) is 0 Å². The molecule has 0 N–H and O–H groups in total. The van der Waals surface area contributed by atoms with Gasteiger partial charge >= 0.3 is 0 Å². The summed E-state index contributed by atoms with van der Waals surface area (Å²) in [6.07, 6.45) is 6.07. The van der Waals surface area contributed by atoms with Crippen LogP contribution in [0.15, 0.2) is 24.3 Å². The van der Waals surface area contributed by atoms with Gasteiger partial charge in [-0.3, -0.25) is 4.79 Å². The van der Waals surface area contributed by atoms with Crippen LogP contribution < -0.4 is 0 Å². The van der Waals surface area contributed by atoms with E-state index in [0.29, 0.717) is 12.5 Å². The minimum Gasteiger partial charge on any atom is -0.373 e. The van der Waals surface area contributed by atoms with Gasteiger partial charge in [-0.05, 0) is 17.9 Å². The normalized spacial score (nSPS) is 11.0. The number of Topliss-reactive ketones (excluding diaryl/α,β-unsaturated/α-hetero) is 1. The number of carbonyl (C=O) groups is 1. The molecule has 0 bridgehead atoms. The number of ether oxygens (including phenoxy) is 1. The lowest BCUT2D eigenvalue weighted by molar-refractivity contribution is 0.0752. The van der Waals surface area contributed by atoms with E-state index in [1.54, 1.807) is 0 Å². The van der Waals surface area contributed by atoms with Crippen LogP contribution in [0, 0.1) is 0 Å². The zero-order valence-corrected chi connectivity index (χ0v) is 13.2. The van der Waals surface area contributed by atoms with Crippen LogP contribution in [0.25, 0.3) is 0 Å². The quantitative estimate of drug-likeness (QED) is 0.445. The van der Waals surface area contributed by atoms with Crippen LogP contribution in [0.4, 0.5) is 0 Å². The van der Waals surface area contributed by atoms with Crippen molar-refractivity contribution in [3.63, 3.8) is 0 Å². The number of unbranched alkanes of at least 4 members (excludes halogenated alkanes) is 4. The molecule has 0 atom stereocenters. The zero-order valence-electron chi connectivity index (χ0n) is 13.2. The predicted molar refractivity (Wildman–Crippen MR) is 84.4 cm³/mol. The first-order valence-electron chi connectivity index (χ1n) is 7.86. The Labute approximate surface area is 123 Å². The summed E-state index contributed by atoms with van der Waals surface area (Å²) in [6, 6.07) is 7.87. The van der Waals surface area contributed by atoms with Crippen molar-refractivity contribution in [3.05, 3.63) is 35.4 Å². The summed E-state index contributed by atoms with van der Waals surface area (Å²) in [5, 5.41) is 0. The third kappa shape index (κ3) is 6.33. The summed E-state index contributed by atoms with van der Waals surface area (Å²) >= 11 is 0. The Balaban J connectivity index is 2.22. The molecule has 0 spiro atoms. The van der Waals surface area contributed by atoms with Gasteiger partial charge in [0.15, 0.2) is 5.78 Å². The molecule has 1 aromatic carbocycles. The van der Waals surface area contributed by atoms with Gasteiger partial charge < -0.3 is 4.74 Å². The van der Waals surface area contributed by atoms with E-state index in [-0.39, 0.29) is 12.4 Å². The highest BCUT2D eigenvalue weighted by atomic mass is 16.5. The first kappa shape index (κ1) is 16.9. The lowest BCUT2D eigenvalue weighted by Gasteiger charge is -2.07. The van der Waals surface area contributed by atoms with Crippen LogP contribution in [0.1, 0.15) is 74.7 Å². The molecular formula is C18H28O2. The van der Waals surface area contributed by atoms with Gasteiger partial charge in [0.1, 0.15) is 6.61 Å². The number of hydrogen-bond acceptors (Lipinski definition) is 2. The first-order chi connectivity index (χ1) is 9.65. The fraction of sp³-hybridized carbons (Fsp3) is 0.611. The van der Waals surface area contributed by atoms with Crippen LogP contribution in [-0.4, -0.2) is 19.0 Å². The zero-order chi connectivity index (χ0) is 14.8. The van der Waals surface area contributed by atoms with Gasteiger partial charge in [-0.2, -0.15) is 0 Å². The molecule has 20 heavy (non-hydrogen) atoms. The smallest absolute Gasteiger partial charge is 0.188 e. The van der Waals surface area contributed by atoms with E-state index in [4.69, 9.17) is 4.74 Å². The largest absolute Gasteiger partial charge is 0.373 e. The van der Waals surface area contributed by atoms with Gasteiger partial charge in [0.05, 0.1) is 0 Å². The molecule has 0 amide bonds. The van der Waals surface area contributed by atoms with Gasteiger partial charge in [0, 0.05) is 12.2 Å². The second-order valence-corrected chi connectivity index (χ2v) is 5.67. The third-order valence-corrected chi connectivity index (χ3v) is 3.52. The molecule has 1 rings (SSSR count). The molecule has 0 saturated carbocycles. The van der Waals surface area contributed by atoms with Gasteiger partial charge in [0.2, 0.25) is 0 Å². The molecule has 0 aliphatic carbocycles. The van der Waals surface area contributed by atoms with E-state index in [1.165, 1.54) is 31.2 Å². The predicted octanol–water partition coefficient (Wildman–Crippen LogP) is 4.98. The Hall–Kier alpha value is -1.15. The van der Waals surface area contributed by atoms with E-state index < -0.39 is 0 Å². The van der Waals surface area contributed by atoms with E-state index in [0.717, 1.165) is 12.0 Å². The molecule has 2 nitrogen and oxygen atoms in total. The Morgan fingerprint density at radius 1 is 1.05 bits per heavy atom. The van der Waals surface area contributed by atoms with Gasteiger partial charge in [0.25, 0.3) is 0 Å². The topological polar surface area (TPSA) is 26.3 Å². The highest BCUT2D eigenvalue weighted by Gasteiger charge is 2.06. The molecule has 0 aliphatic heterocycles. The number of rotatable bonds is 10. The first-order valence-corrected chi connectivity index (χ1v) is 7.86. The minimum absolute atomic E-state index is 0.0777. The fourth-order valence-corrected chi connectivity index (χ4v) is 2.11. The van der Waals surface area contributed by atoms with Crippen molar-refractivity contribution in [2.75, 3.05) is 13.2 Å². The highest BCUT2D eigenvalue weighted by molar-refractivity contribution is 5.97. The molecule has 0 radical (unpaired) electrons. The maximum absolute atomic E-state index is 11.9. The molecule has 0 unspecified atom stereocenters. The minimum atomic E-state index is 0.0777. The molecule has 0 aliphatic rings. The molecular weight excluding hydrogens is 248 g/mol. The maximum atomic E-state index is 11.9. The Kier molecular flexibility index (Phi) is 8.20. The summed E-state index contributed by atoms with van der Waals surface area (Å²) in [5.41, 5.74) is 2.01.